The molecule has 0 saturated carbocycles. The third-order valence-electron chi connectivity index (χ3n) is 2.39. The Balaban J connectivity index is 1.83. The van der Waals surface area contributed by atoms with Crippen LogP contribution in [0.15, 0.2) is 60.7 Å². The van der Waals surface area contributed by atoms with Gasteiger partial charge in [0.05, 0.1) is 0 Å². The Morgan fingerprint density at radius 3 is 2.21 bits per heavy atom. The topological polar surface area (TPSA) is 35.5 Å². The number of ether oxygens (including phenoxy) is 2. The van der Waals surface area contributed by atoms with Crippen molar-refractivity contribution in [1.29, 1.82) is 0 Å². The van der Waals surface area contributed by atoms with Gasteiger partial charge in [0.2, 0.25) is 0 Å². The molecule has 0 fully saturated rings. The molecular weight excluding hydrogens is 264 g/mol. The minimum atomic E-state index is -1.15. The Hall–Kier alpha value is -2.00. The number of halogens is 1. The summed E-state index contributed by atoms with van der Waals surface area (Å²) in [6.45, 7) is 0.182. The van der Waals surface area contributed by atoms with Gasteiger partial charge in [-0.15, -0.1) is 0 Å². The monoisotopic (exact) mass is 276 g/mol. The summed E-state index contributed by atoms with van der Waals surface area (Å²) in [5.74, 6) is -0.0754. The zero-order chi connectivity index (χ0) is 13.5. The number of hydrogen-bond donors (Lipinski definition) is 0. The van der Waals surface area contributed by atoms with Crippen molar-refractivity contribution in [3.63, 3.8) is 0 Å². The van der Waals surface area contributed by atoms with E-state index in [0.29, 0.717) is 5.75 Å². The summed E-state index contributed by atoms with van der Waals surface area (Å²) in [5, 5.41) is 0. The summed E-state index contributed by atoms with van der Waals surface area (Å²) < 4.78 is 10.3. The number of benzene rings is 2. The molecule has 2 rings (SSSR count). The van der Waals surface area contributed by atoms with Gasteiger partial charge in [-0.2, -0.15) is 0 Å². The van der Waals surface area contributed by atoms with Gasteiger partial charge >= 0.3 is 5.97 Å². The van der Waals surface area contributed by atoms with Crippen LogP contribution in [0, 0.1) is 0 Å². The molecule has 0 spiro atoms. The van der Waals surface area contributed by atoms with Gasteiger partial charge in [-0.3, -0.25) is 0 Å². The Kier molecular flexibility index (Phi) is 4.81. The van der Waals surface area contributed by atoms with E-state index in [-0.39, 0.29) is 6.61 Å². The van der Waals surface area contributed by atoms with Crippen molar-refractivity contribution < 1.29 is 14.3 Å². The van der Waals surface area contributed by atoms with Crippen molar-refractivity contribution in [3.8, 4) is 5.75 Å². The molecule has 0 heterocycles. The van der Waals surface area contributed by atoms with E-state index in [1.807, 2.05) is 36.4 Å². The molecule has 3 nitrogen and oxygen atoms in total. The fourth-order valence-electron chi connectivity index (χ4n) is 1.46. The number of rotatable bonds is 5. The largest absolute Gasteiger partial charge is 0.463 e. The normalized spacial score (nSPS) is 11.6. The minimum absolute atomic E-state index is 0.182. The molecule has 0 bridgehead atoms. The van der Waals surface area contributed by atoms with E-state index < -0.39 is 11.5 Å². The van der Waals surface area contributed by atoms with Crippen LogP contribution in [-0.2, 0) is 16.1 Å². The summed E-state index contributed by atoms with van der Waals surface area (Å²) in [4.78, 5) is 11.6. The molecule has 19 heavy (non-hydrogen) atoms. The first-order valence-corrected chi connectivity index (χ1v) is 6.25. The molecule has 0 N–H and O–H groups in total. The summed E-state index contributed by atoms with van der Waals surface area (Å²) in [6, 6.07) is 18.3. The fourth-order valence-corrected chi connectivity index (χ4v) is 1.63. The van der Waals surface area contributed by atoms with Gasteiger partial charge in [0.1, 0.15) is 12.4 Å². The van der Waals surface area contributed by atoms with E-state index in [1.54, 1.807) is 24.3 Å². The zero-order valence-electron chi connectivity index (χ0n) is 10.2. The molecule has 1 atom stereocenters. The lowest BCUT2D eigenvalue weighted by Crippen LogP contribution is -2.23. The highest BCUT2D eigenvalue weighted by molar-refractivity contribution is 6.28. The number of esters is 1. The standard InChI is InChI=1S/C15H13ClO3/c16-14(19-13-9-5-2-6-10-13)15(17)18-11-12-7-3-1-4-8-12/h1-10,14H,11H2. The summed E-state index contributed by atoms with van der Waals surface area (Å²) in [5.41, 5.74) is -0.245. The molecular formula is C15H13ClO3. The third-order valence-corrected chi connectivity index (χ3v) is 2.66. The predicted octanol–water partition coefficient (Wildman–Crippen LogP) is 3.37. The maximum Gasteiger partial charge on any atom is 0.363 e. The van der Waals surface area contributed by atoms with Crippen molar-refractivity contribution in [1.82, 2.24) is 0 Å². The molecule has 0 aliphatic rings. The molecule has 0 saturated heterocycles. The van der Waals surface area contributed by atoms with Crippen LogP contribution in [0.2, 0.25) is 0 Å². The SMILES string of the molecule is O=C(OCc1ccccc1)C(Cl)Oc1ccccc1. The highest BCUT2D eigenvalue weighted by Gasteiger charge is 2.18. The van der Waals surface area contributed by atoms with Crippen LogP contribution in [0.3, 0.4) is 0 Å². The first kappa shape index (κ1) is 13.4. The number of hydrogen-bond acceptors (Lipinski definition) is 3. The van der Waals surface area contributed by atoms with Gasteiger partial charge in [0, 0.05) is 0 Å². The molecule has 0 aliphatic heterocycles. The molecule has 2 aromatic rings. The first-order valence-electron chi connectivity index (χ1n) is 5.82. The van der Waals surface area contributed by atoms with Gasteiger partial charge in [-0.05, 0) is 17.7 Å². The summed E-state index contributed by atoms with van der Waals surface area (Å²) in [7, 11) is 0. The lowest BCUT2D eigenvalue weighted by atomic mass is 10.2. The molecule has 2 aromatic carbocycles. The highest BCUT2D eigenvalue weighted by atomic mass is 35.5. The predicted molar refractivity (Wildman–Crippen MR) is 72.9 cm³/mol. The average molecular weight is 277 g/mol. The molecule has 4 heteroatoms. The second-order valence-corrected chi connectivity index (χ2v) is 4.24. The highest BCUT2D eigenvalue weighted by Crippen LogP contribution is 2.14. The lowest BCUT2D eigenvalue weighted by Gasteiger charge is -2.12. The maximum absolute atomic E-state index is 11.6. The number of carbonyl (C=O) groups is 1. The van der Waals surface area contributed by atoms with Crippen molar-refractivity contribution in [2.24, 2.45) is 0 Å². The molecule has 0 radical (unpaired) electrons. The second kappa shape index (κ2) is 6.81. The van der Waals surface area contributed by atoms with Gasteiger partial charge < -0.3 is 9.47 Å². The number of alkyl halides is 1. The van der Waals surface area contributed by atoms with Crippen LogP contribution in [0.1, 0.15) is 5.56 Å². The van der Waals surface area contributed by atoms with Crippen molar-refractivity contribution in [2.45, 2.75) is 12.2 Å². The Morgan fingerprint density at radius 1 is 1.00 bits per heavy atom. The van der Waals surface area contributed by atoms with Crippen LogP contribution in [0.5, 0.6) is 5.75 Å². The Labute approximate surface area is 116 Å². The van der Waals surface area contributed by atoms with Crippen LogP contribution < -0.4 is 4.74 Å². The van der Waals surface area contributed by atoms with E-state index in [1.165, 1.54) is 0 Å². The van der Waals surface area contributed by atoms with Crippen molar-refractivity contribution in [3.05, 3.63) is 66.2 Å². The van der Waals surface area contributed by atoms with E-state index in [2.05, 4.69) is 0 Å². The molecule has 0 aromatic heterocycles. The van der Waals surface area contributed by atoms with E-state index in [9.17, 15) is 4.79 Å². The minimum Gasteiger partial charge on any atom is -0.463 e. The van der Waals surface area contributed by atoms with Crippen LogP contribution in [0.4, 0.5) is 0 Å². The quantitative estimate of drug-likeness (QED) is 0.620. The average Bonchev–Trinajstić information content (AvgIpc) is 2.47. The first-order chi connectivity index (χ1) is 9.25. The smallest absolute Gasteiger partial charge is 0.363 e. The third kappa shape index (κ3) is 4.30. The maximum atomic E-state index is 11.6. The molecule has 1 unspecified atom stereocenters. The number of carbonyl (C=O) groups excluding carboxylic acids is 1. The van der Waals surface area contributed by atoms with Crippen molar-refractivity contribution >= 4 is 17.6 Å². The van der Waals surface area contributed by atoms with Crippen LogP contribution in [0.25, 0.3) is 0 Å². The van der Waals surface area contributed by atoms with Crippen LogP contribution in [-0.4, -0.2) is 11.5 Å². The zero-order valence-corrected chi connectivity index (χ0v) is 10.9. The number of para-hydroxylation sites is 1. The van der Waals surface area contributed by atoms with Crippen LogP contribution >= 0.6 is 11.6 Å². The van der Waals surface area contributed by atoms with E-state index in [4.69, 9.17) is 21.1 Å². The molecule has 0 amide bonds. The fraction of sp³-hybridized carbons (Fsp3) is 0.133. The van der Waals surface area contributed by atoms with Gasteiger partial charge in [0.25, 0.3) is 5.56 Å². The second-order valence-electron chi connectivity index (χ2n) is 3.84. The van der Waals surface area contributed by atoms with Gasteiger partial charge in [0.15, 0.2) is 0 Å². The Morgan fingerprint density at radius 2 is 1.58 bits per heavy atom. The van der Waals surface area contributed by atoms with Gasteiger partial charge in [-0.25, -0.2) is 4.79 Å². The summed E-state index contributed by atoms with van der Waals surface area (Å²) >= 11 is 5.84. The molecule has 98 valence electrons. The lowest BCUT2D eigenvalue weighted by molar-refractivity contribution is -0.149. The van der Waals surface area contributed by atoms with Crippen molar-refractivity contribution in [2.75, 3.05) is 0 Å². The van der Waals surface area contributed by atoms with E-state index >= 15 is 0 Å². The Bertz CT molecular complexity index is 513. The molecule has 0 aliphatic carbocycles. The van der Waals surface area contributed by atoms with E-state index in [0.717, 1.165) is 5.56 Å². The summed E-state index contributed by atoms with van der Waals surface area (Å²) in [6.07, 6.45) is 0. The van der Waals surface area contributed by atoms with Gasteiger partial charge in [-0.1, -0.05) is 60.1 Å².